The molecule has 8 heteroatoms. The maximum atomic E-state index is 14.0. The van der Waals surface area contributed by atoms with Gasteiger partial charge < -0.3 is 14.6 Å². The van der Waals surface area contributed by atoms with E-state index in [1.165, 1.54) is 17.8 Å². The van der Waals surface area contributed by atoms with E-state index in [2.05, 4.69) is 29.4 Å². The predicted molar refractivity (Wildman–Crippen MR) is 124 cm³/mol. The molecule has 32 heavy (non-hydrogen) atoms. The largest absolute Gasteiger partial charge is 0.480 e. The summed E-state index contributed by atoms with van der Waals surface area (Å²) in [5.74, 6) is 0.813. The van der Waals surface area contributed by atoms with Crippen LogP contribution in [0.5, 0.6) is 5.75 Å². The van der Waals surface area contributed by atoms with Crippen LogP contribution >= 0.6 is 11.8 Å². The zero-order valence-corrected chi connectivity index (χ0v) is 19.6. The molecular weight excluding hydrogens is 427 g/mol. The fraction of sp³-hybridized carbons (Fsp3) is 0.375. The minimum Gasteiger partial charge on any atom is -0.480 e. The molecule has 0 saturated heterocycles. The van der Waals surface area contributed by atoms with E-state index in [0.717, 1.165) is 5.56 Å². The average Bonchev–Trinajstić information content (AvgIpc) is 3.16. The van der Waals surface area contributed by atoms with Gasteiger partial charge in [0.2, 0.25) is 5.91 Å². The van der Waals surface area contributed by atoms with Crippen molar-refractivity contribution in [2.45, 2.75) is 51.5 Å². The number of carbonyl (C=O) groups is 1. The quantitative estimate of drug-likeness (QED) is 0.426. The lowest BCUT2D eigenvalue weighted by Gasteiger charge is -2.18. The zero-order valence-electron chi connectivity index (χ0n) is 18.8. The van der Waals surface area contributed by atoms with Crippen LogP contribution in [-0.4, -0.2) is 26.4 Å². The minimum absolute atomic E-state index is 0.0809. The molecule has 1 heterocycles. The standard InChI is InChI=1S/C24H29FN4O2S/c1-16(2)14-29-23(18(4)31-21-13-9-8-12-20(21)25)27-28-24(29)32-15-22(30)26-17(3)19-10-6-5-7-11-19/h5-13,16-18H,14-15H2,1-4H3,(H,26,30). The van der Waals surface area contributed by atoms with Crippen LogP contribution in [0, 0.1) is 11.7 Å². The van der Waals surface area contributed by atoms with Crippen molar-refractivity contribution in [1.29, 1.82) is 0 Å². The van der Waals surface area contributed by atoms with E-state index < -0.39 is 11.9 Å². The molecule has 170 valence electrons. The molecule has 2 unspecified atom stereocenters. The number of ether oxygens (including phenoxy) is 1. The lowest BCUT2D eigenvalue weighted by Crippen LogP contribution is -2.28. The Balaban J connectivity index is 1.68. The summed E-state index contributed by atoms with van der Waals surface area (Å²) in [5.41, 5.74) is 1.05. The molecule has 0 saturated carbocycles. The number of carbonyl (C=O) groups excluding carboxylic acids is 1. The summed E-state index contributed by atoms with van der Waals surface area (Å²) in [4.78, 5) is 12.5. The van der Waals surface area contributed by atoms with Crippen molar-refractivity contribution in [1.82, 2.24) is 20.1 Å². The summed E-state index contributed by atoms with van der Waals surface area (Å²) >= 11 is 1.33. The molecule has 1 amide bonds. The third kappa shape index (κ3) is 6.32. The zero-order chi connectivity index (χ0) is 23.1. The lowest BCUT2D eigenvalue weighted by atomic mass is 10.1. The smallest absolute Gasteiger partial charge is 0.230 e. The highest BCUT2D eigenvalue weighted by atomic mass is 32.2. The van der Waals surface area contributed by atoms with Crippen molar-refractivity contribution in [2.24, 2.45) is 5.92 Å². The van der Waals surface area contributed by atoms with Gasteiger partial charge in [-0.2, -0.15) is 0 Å². The molecule has 1 N–H and O–H groups in total. The first-order valence-electron chi connectivity index (χ1n) is 10.7. The summed E-state index contributed by atoms with van der Waals surface area (Å²) in [7, 11) is 0. The van der Waals surface area contributed by atoms with Crippen LogP contribution < -0.4 is 10.1 Å². The predicted octanol–water partition coefficient (Wildman–Crippen LogP) is 5.18. The van der Waals surface area contributed by atoms with E-state index in [1.54, 1.807) is 18.2 Å². The molecule has 6 nitrogen and oxygen atoms in total. The van der Waals surface area contributed by atoms with Crippen molar-refractivity contribution < 1.29 is 13.9 Å². The van der Waals surface area contributed by atoms with Crippen molar-refractivity contribution in [3.8, 4) is 5.75 Å². The Kier molecular flexibility index (Phi) is 8.27. The second-order valence-electron chi connectivity index (χ2n) is 8.02. The maximum absolute atomic E-state index is 14.0. The number of thioether (sulfide) groups is 1. The summed E-state index contributed by atoms with van der Waals surface area (Å²) in [6.45, 7) is 8.62. The molecule has 0 aliphatic rings. The Labute approximate surface area is 192 Å². The summed E-state index contributed by atoms with van der Waals surface area (Å²) in [5, 5.41) is 12.2. The first-order valence-corrected chi connectivity index (χ1v) is 11.6. The number of amides is 1. The summed E-state index contributed by atoms with van der Waals surface area (Å²) < 4.78 is 21.8. The van der Waals surface area contributed by atoms with Crippen LogP contribution in [0.1, 0.15) is 51.2 Å². The second kappa shape index (κ2) is 11.1. The Morgan fingerprint density at radius 1 is 1.06 bits per heavy atom. The van der Waals surface area contributed by atoms with Crippen molar-refractivity contribution in [3.05, 3.63) is 71.8 Å². The number of aromatic nitrogens is 3. The fourth-order valence-electron chi connectivity index (χ4n) is 3.27. The van der Waals surface area contributed by atoms with E-state index in [1.807, 2.05) is 48.7 Å². The van der Waals surface area contributed by atoms with Crippen LogP contribution in [0.25, 0.3) is 0 Å². The van der Waals surface area contributed by atoms with Gasteiger partial charge in [-0.05, 0) is 37.5 Å². The molecule has 3 aromatic rings. The van der Waals surface area contributed by atoms with Gasteiger partial charge in [-0.25, -0.2) is 4.39 Å². The lowest BCUT2D eigenvalue weighted by molar-refractivity contribution is -0.119. The maximum Gasteiger partial charge on any atom is 0.230 e. The SMILES string of the molecule is CC(C)Cn1c(SCC(=O)NC(C)c2ccccc2)nnc1C(C)Oc1ccccc1F. The number of nitrogens with one attached hydrogen (secondary N) is 1. The van der Waals surface area contributed by atoms with Gasteiger partial charge in [-0.3, -0.25) is 4.79 Å². The molecule has 2 aromatic carbocycles. The van der Waals surface area contributed by atoms with Gasteiger partial charge in [-0.15, -0.1) is 10.2 Å². The van der Waals surface area contributed by atoms with Gasteiger partial charge >= 0.3 is 0 Å². The Hall–Kier alpha value is -2.87. The minimum atomic E-state index is -0.501. The van der Waals surface area contributed by atoms with E-state index in [9.17, 15) is 9.18 Å². The van der Waals surface area contributed by atoms with Gasteiger partial charge in [0.1, 0.15) is 0 Å². The molecule has 2 atom stereocenters. The molecule has 0 aliphatic carbocycles. The summed E-state index contributed by atoms with van der Waals surface area (Å²) in [6.07, 6.45) is -0.501. The fourth-order valence-corrected chi connectivity index (χ4v) is 4.03. The highest BCUT2D eigenvalue weighted by Gasteiger charge is 2.22. The summed E-state index contributed by atoms with van der Waals surface area (Å²) in [6, 6.07) is 16.0. The molecular formula is C24H29FN4O2S. The molecule has 1 aromatic heterocycles. The van der Waals surface area contributed by atoms with Gasteiger partial charge in [0.05, 0.1) is 11.8 Å². The van der Waals surface area contributed by atoms with Gasteiger partial charge in [0, 0.05) is 6.54 Å². The number of para-hydroxylation sites is 1. The number of hydrogen-bond donors (Lipinski definition) is 1. The van der Waals surface area contributed by atoms with E-state index >= 15 is 0 Å². The van der Waals surface area contributed by atoms with Crippen molar-refractivity contribution in [3.63, 3.8) is 0 Å². The highest BCUT2D eigenvalue weighted by molar-refractivity contribution is 7.99. The third-order valence-corrected chi connectivity index (χ3v) is 5.77. The molecule has 3 rings (SSSR count). The van der Waals surface area contributed by atoms with Crippen LogP contribution in [-0.2, 0) is 11.3 Å². The Bertz CT molecular complexity index is 1030. The van der Waals surface area contributed by atoms with Gasteiger partial charge in [0.15, 0.2) is 28.7 Å². The van der Waals surface area contributed by atoms with Crippen LogP contribution in [0.3, 0.4) is 0 Å². The molecule has 0 fully saturated rings. The third-order valence-electron chi connectivity index (χ3n) is 4.81. The number of benzene rings is 2. The number of rotatable bonds is 10. The van der Waals surface area contributed by atoms with E-state index in [-0.39, 0.29) is 23.5 Å². The van der Waals surface area contributed by atoms with E-state index in [4.69, 9.17) is 4.74 Å². The second-order valence-corrected chi connectivity index (χ2v) is 8.97. The van der Waals surface area contributed by atoms with Gasteiger partial charge in [-0.1, -0.05) is 68.1 Å². The highest BCUT2D eigenvalue weighted by Crippen LogP contribution is 2.27. The Morgan fingerprint density at radius 2 is 1.75 bits per heavy atom. The molecule has 0 bridgehead atoms. The average molecular weight is 457 g/mol. The Morgan fingerprint density at radius 3 is 2.44 bits per heavy atom. The van der Waals surface area contributed by atoms with E-state index in [0.29, 0.717) is 23.4 Å². The molecule has 0 aliphatic heterocycles. The monoisotopic (exact) mass is 456 g/mol. The van der Waals surface area contributed by atoms with Crippen LogP contribution in [0.15, 0.2) is 59.8 Å². The number of hydrogen-bond acceptors (Lipinski definition) is 5. The van der Waals surface area contributed by atoms with Gasteiger partial charge in [0.25, 0.3) is 0 Å². The van der Waals surface area contributed by atoms with Crippen molar-refractivity contribution >= 4 is 17.7 Å². The van der Waals surface area contributed by atoms with Crippen LogP contribution in [0.2, 0.25) is 0 Å². The van der Waals surface area contributed by atoms with Crippen LogP contribution in [0.4, 0.5) is 4.39 Å². The topological polar surface area (TPSA) is 69.0 Å². The first-order chi connectivity index (χ1) is 15.3. The molecule has 0 spiro atoms. The molecule has 0 radical (unpaired) electrons. The normalized spacial score (nSPS) is 13.1. The first kappa shape index (κ1) is 23.8. The number of halogens is 1. The number of nitrogens with zero attached hydrogens (tertiary/aromatic N) is 3. The van der Waals surface area contributed by atoms with Crippen molar-refractivity contribution in [2.75, 3.05) is 5.75 Å².